The zero-order valence-corrected chi connectivity index (χ0v) is 7.63. The first-order valence-electron chi connectivity index (χ1n) is 4.19. The first kappa shape index (κ1) is 10.3. The van der Waals surface area contributed by atoms with Gasteiger partial charge in [0.2, 0.25) is 0 Å². The summed E-state index contributed by atoms with van der Waals surface area (Å²) in [7, 11) is 0. The van der Waals surface area contributed by atoms with Gasteiger partial charge in [0.1, 0.15) is 5.75 Å². The second-order valence-electron chi connectivity index (χ2n) is 2.58. The molecule has 0 saturated heterocycles. The molecule has 0 radical (unpaired) electrons. The van der Waals surface area contributed by atoms with Gasteiger partial charge < -0.3 is 14.6 Å². The van der Waals surface area contributed by atoms with Crippen LogP contribution in [0.1, 0.15) is 5.56 Å². The Morgan fingerprint density at radius 2 is 1.64 bits per heavy atom. The fourth-order valence-electron chi connectivity index (χ4n) is 0.871. The summed E-state index contributed by atoms with van der Waals surface area (Å²) >= 11 is 0. The van der Waals surface area contributed by atoms with Crippen LogP contribution in [-0.4, -0.2) is 10.2 Å². The van der Waals surface area contributed by atoms with Crippen molar-refractivity contribution in [1.82, 2.24) is 0 Å². The maximum Gasteiger partial charge on any atom is 0.121 e. The lowest BCUT2D eigenvalue weighted by atomic mass is 10.2. The summed E-state index contributed by atoms with van der Waals surface area (Å²) in [5, 5.41) is 17.5. The van der Waals surface area contributed by atoms with Crippen LogP contribution in [0, 0.1) is 0 Å². The van der Waals surface area contributed by atoms with Crippen LogP contribution in [0.3, 0.4) is 0 Å². The summed E-state index contributed by atoms with van der Waals surface area (Å²) in [4.78, 5) is 0. The third kappa shape index (κ3) is 3.33. The zero-order chi connectivity index (χ0) is 10.2. The van der Waals surface area contributed by atoms with Crippen LogP contribution in [0.5, 0.6) is 5.75 Å². The third-order valence-corrected chi connectivity index (χ3v) is 1.59. The summed E-state index contributed by atoms with van der Waals surface area (Å²) in [6.45, 7) is -0.104. The predicted molar refractivity (Wildman–Crippen MR) is 52.7 cm³/mol. The van der Waals surface area contributed by atoms with E-state index < -0.39 is 0 Å². The molecule has 0 spiro atoms. The quantitative estimate of drug-likeness (QED) is 0.728. The predicted octanol–water partition coefficient (Wildman–Crippen LogP) is 2.16. The minimum atomic E-state index is -0.104. The van der Waals surface area contributed by atoms with Crippen molar-refractivity contribution in [3.05, 3.63) is 54.5 Å². The number of rotatable bonds is 1. The van der Waals surface area contributed by atoms with E-state index in [0.717, 1.165) is 0 Å². The van der Waals surface area contributed by atoms with Crippen LogP contribution in [0.25, 0.3) is 0 Å². The van der Waals surface area contributed by atoms with Crippen molar-refractivity contribution in [3.63, 3.8) is 0 Å². The van der Waals surface area contributed by atoms with Gasteiger partial charge in [-0.05, 0) is 18.2 Å². The molecule has 2 aromatic rings. The number of aliphatic hydroxyl groups is 1. The van der Waals surface area contributed by atoms with E-state index in [1.54, 1.807) is 36.8 Å². The number of aromatic hydroxyl groups is 1. The summed E-state index contributed by atoms with van der Waals surface area (Å²) in [6.07, 6.45) is 3.25. The highest BCUT2D eigenvalue weighted by Gasteiger charge is 1.93. The van der Waals surface area contributed by atoms with Crippen LogP contribution in [0.4, 0.5) is 0 Å². The van der Waals surface area contributed by atoms with Gasteiger partial charge in [-0.2, -0.15) is 0 Å². The molecule has 0 bridgehead atoms. The fraction of sp³-hybridized carbons (Fsp3) is 0.0909. The molecule has 1 aromatic heterocycles. The molecule has 2 rings (SSSR count). The Morgan fingerprint density at radius 3 is 2.00 bits per heavy atom. The molecule has 1 aromatic carbocycles. The number of phenols is 1. The standard InChI is InChI=1S/C7H8O2.C4H4O/c8-5-6-3-1-2-4-7(6)9;1-2-4-5-3-1/h1-4,8-9H,5H2;1-4H. The van der Waals surface area contributed by atoms with Gasteiger partial charge in [0.25, 0.3) is 0 Å². The van der Waals surface area contributed by atoms with Crippen LogP contribution in [0.15, 0.2) is 53.3 Å². The van der Waals surface area contributed by atoms with Crippen LogP contribution in [0.2, 0.25) is 0 Å². The zero-order valence-electron chi connectivity index (χ0n) is 7.63. The molecule has 0 fully saturated rings. The van der Waals surface area contributed by atoms with E-state index in [0.29, 0.717) is 5.56 Å². The number of hydrogen-bond donors (Lipinski definition) is 2. The summed E-state index contributed by atoms with van der Waals surface area (Å²) in [6, 6.07) is 10.4. The molecule has 2 N–H and O–H groups in total. The lowest BCUT2D eigenvalue weighted by molar-refractivity contribution is 0.275. The van der Waals surface area contributed by atoms with Crippen LogP contribution < -0.4 is 0 Å². The molecule has 0 aliphatic carbocycles. The fourth-order valence-corrected chi connectivity index (χ4v) is 0.871. The normalized spacial score (nSPS) is 8.93. The van der Waals surface area contributed by atoms with E-state index in [-0.39, 0.29) is 12.4 Å². The maximum absolute atomic E-state index is 8.95. The Morgan fingerprint density at radius 1 is 1.00 bits per heavy atom. The van der Waals surface area contributed by atoms with E-state index in [9.17, 15) is 0 Å². The van der Waals surface area contributed by atoms with E-state index >= 15 is 0 Å². The summed E-state index contributed by atoms with van der Waals surface area (Å²) < 4.78 is 4.58. The monoisotopic (exact) mass is 192 g/mol. The van der Waals surface area contributed by atoms with Crippen molar-refractivity contribution in [1.29, 1.82) is 0 Å². The average Bonchev–Trinajstić information content (AvgIpc) is 2.76. The van der Waals surface area contributed by atoms with Crippen LogP contribution in [-0.2, 0) is 6.61 Å². The molecule has 1 heterocycles. The van der Waals surface area contributed by atoms with Gasteiger partial charge in [-0.15, -0.1) is 0 Å². The van der Waals surface area contributed by atoms with Crippen molar-refractivity contribution in [2.24, 2.45) is 0 Å². The van der Waals surface area contributed by atoms with E-state index in [1.807, 2.05) is 12.1 Å². The Balaban J connectivity index is 0.000000165. The van der Waals surface area contributed by atoms with E-state index in [2.05, 4.69) is 4.42 Å². The maximum atomic E-state index is 8.95. The summed E-state index contributed by atoms with van der Waals surface area (Å²) in [5.74, 6) is 0.153. The Bertz CT molecular complexity index is 324. The molecule has 74 valence electrons. The van der Waals surface area contributed by atoms with Crippen molar-refractivity contribution >= 4 is 0 Å². The molecule has 0 unspecified atom stereocenters. The number of para-hydroxylation sites is 1. The molecule has 0 aliphatic rings. The van der Waals surface area contributed by atoms with Crippen molar-refractivity contribution < 1.29 is 14.6 Å². The molecule has 0 saturated carbocycles. The van der Waals surface area contributed by atoms with Gasteiger partial charge in [0, 0.05) is 5.56 Å². The Labute approximate surface area is 82.2 Å². The van der Waals surface area contributed by atoms with Gasteiger partial charge in [-0.3, -0.25) is 0 Å². The second-order valence-corrected chi connectivity index (χ2v) is 2.58. The highest BCUT2D eigenvalue weighted by Crippen LogP contribution is 2.14. The first-order chi connectivity index (χ1) is 6.84. The molecule has 3 heteroatoms. The SMILES string of the molecule is OCc1ccccc1O.c1ccoc1. The Hall–Kier alpha value is -1.74. The van der Waals surface area contributed by atoms with Gasteiger partial charge >= 0.3 is 0 Å². The topological polar surface area (TPSA) is 53.6 Å². The number of aliphatic hydroxyl groups excluding tert-OH is 1. The van der Waals surface area contributed by atoms with Crippen LogP contribution >= 0.6 is 0 Å². The molecular weight excluding hydrogens is 180 g/mol. The average molecular weight is 192 g/mol. The highest BCUT2D eigenvalue weighted by atomic mass is 16.3. The third-order valence-electron chi connectivity index (χ3n) is 1.59. The first-order valence-corrected chi connectivity index (χ1v) is 4.19. The van der Waals surface area contributed by atoms with Crippen molar-refractivity contribution in [2.75, 3.05) is 0 Å². The summed E-state index contributed by atoms with van der Waals surface area (Å²) in [5.41, 5.74) is 0.567. The molecule has 3 nitrogen and oxygen atoms in total. The molecular formula is C11H12O3. The second kappa shape index (κ2) is 5.83. The van der Waals surface area contributed by atoms with E-state index in [4.69, 9.17) is 10.2 Å². The molecule has 0 atom stereocenters. The number of furan rings is 1. The minimum Gasteiger partial charge on any atom is -0.508 e. The smallest absolute Gasteiger partial charge is 0.121 e. The molecule has 0 amide bonds. The molecule has 14 heavy (non-hydrogen) atoms. The lowest BCUT2D eigenvalue weighted by Gasteiger charge is -1.96. The number of hydrogen-bond acceptors (Lipinski definition) is 3. The highest BCUT2D eigenvalue weighted by molar-refractivity contribution is 5.30. The van der Waals surface area contributed by atoms with E-state index in [1.165, 1.54) is 0 Å². The van der Waals surface area contributed by atoms with Crippen molar-refractivity contribution in [3.8, 4) is 5.75 Å². The van der Waals surface area contributed by atoms with Gasteiger partial charge in [-0.25, -0.2) is 0 Å². The van der Waals surface area contributed by atoms with Gasteiger partial charge in [0.05, 0.1) is 19.1 Å². The molecule has 0 aliphatic heterocycles. The largest absolute Gasteiger partial charge is 0.508 e. The lowest BCUT2D eigenvalue weighted by Crippen LogP contribution is -1.80. The van der Waals surface area contributed by atoms with Crippen molar-refractivity contribution in [2.45, 2.75) is 6.61 Å². The number of benzene rings is 1. The Kier molecular flexibility index (Phi) is 4.31. The van der Waals surface area contributed by atoms with Gasteiger partial charge in [0.15, 0.2) is 0 Å². The van der Waals surface area contributed by atoms with Gasteiger partial charge in [-0.1, -0.05) is 18.2 Å². The minimum absolute atomic E-state index is 0.104.